The molecule has 1 aromatic heterocycles. The van der Waals surface area contributed by atoms with Gasteiger partial charge in [0.2, 0.25) is 5.91 Å². The molecule has 134 valence electrons. The molecule has 0 saturated carbocycles. The summed E-state index contributed by atoms with van der Waals surface area (Å²) < 4.78 is 0. The molecule has 0 aliphatic carbocycles. The van der Waals surface area contributed by atoms with Crippen LogP contribution in [0.4, 0.5) is 0 Å². The molecule has 0 spiro atoms. The lowest BCUT2D eigenvalue weighted by molar-refractivity contribution is -0.122. The summed E-state index contributed by atoms with van der Waals surface area (Å²) in [4.78, 5) is 17.7. The molecule has 2 aromatic rings. The second-order valence-electron chi connectivity index (χ2n) is 6.33. The number of nitrogens with one attached hydrogen (secondary N) is 2. The second kappa shape index (κ2) is 9.28. The van der Waals surface area contributed by atoms with E-state index in [0.29, 0.717) is 12.3 Å². The molecule has 24 heavy (non-hydrogen) atoms. The third-order valence-corrected chi connectivity index (χ3v) is 4.51. The van der Waals surface area contributed by atoms with E-state index in [2.05, 4.69) is 28.3 Å². The van der Waals surface area contributed by atoms with Crippen molar-refractivity contribution in [2.45, 2.75) is 18.9 Å². The van der Waals surface area contributed by atoms with E-state index in [-0.39, 0.29) is 30.7 Å². The Morgan fingerprint density at radius 2 is 2.17 bits per heavy atom. The third-order valence-electron chi connectivity index (χ3n) is 4.51. The van der Waals surface area contributed by atoms with Gasteiger partial charge in [-0.05, 0) is 44.0 Å². The van der Waals surface area contributed by atoms with Crippen molar-refractivity contribution in [1.29, 1.82) is 0 Å². The van der Waals surface area contributed by atoms with Gasteiger partial charge >= 0.3 is 0 Å². The molecule has 3 rings (SSSR count). The first kappa shape index (κ1) is 20.8. The van der Waals surface area contributed by atoms with E-state index in [1.54, 1.807) is 0 Å². The molecule has 0 radical (unpaired) electrons. The molecular weight excluding hydrogens is 347 g/mol. The maximum absolute atomic E-state index is 12.2. The summed E-state index contributed by atoms with van der Waals surface area (Å²) in [6, 6.07) is 7.58. The molecule has 1 aliphatic heterocycles. The fourth-order valence-electron chi connectivity index (χ4n) is 3.20. The maximum Gasteiger partial charge on any atom is 0.237 e. The van der Waals surface area contributed by atoms with Crippen LogP contribution in [0.1, 0.15) is 12.0 Å². The number of amides is 1. The number of aromatic nitrogens is 1. The van der Waals surface area contributed by atoms with E-state index in [1.165, 1.54) is 0 Å². The Balaban J connectivity index is 0.00000144. The van der Waals surface area contributed by atoms with Crippen LogP contribution in [0, 0.1) is 5.92 Å². The molecule has 1 unspecified atom stereocenters. The number of carbonyl (C=O) groups is 1. The molecule has 4 N–H and O–H groups in total. The second-order valence-corrected chi connectivity index (χ2v) is 6.33. The van der Waals surface area contributed by atoms with Crippen LogP contribution in [0.2, 0.25) is 0 Å². The number of likely N-dealkylation sites (tertiary alicyclic amines) is 1. The molecule has 5 nitrogen and oxygen atoms in total. The third kappa shape index (κ3) is 4.86. The zero-order valence-corrected chi connectivity index (χ0v) is 15.5. The molecule has 1 aromatic carbocycles. The van der Waals surface area contributed by atoms with Crippen LogP contribution in [-0.2, 0) is 11.2 Å². The number of carbonyl (C=O) groups excluding carboxylic acids is 1. The van der Waals surface area contributed by atoms with Gasteiger partial charge in [-0.25, -0.2) is 0 Å². The Morgan fingerprint density at radius 1 is 1.42 bits per heavy atom. The minimum Gasteiger partial charge on any atom is -0.361 e. The Kier molecular flexibility index (Phi) is 8.03. The standard InChI is InChI=1S/C17H24N4O.2ClH/c1-21-7-6-12(11-21)9-20-17(22)15(18)8-13-10-19-16-5-3-2-4-14(13)16;;/h2-5,10,12,15,19H,6-9,11,18H2,1H3,(H,20,22);2*1H/t12?,15-;;/m0../s1. The number of halogens is 2. The minimum absolute atomic E-state index is 0. The highest BCUT2D eigenvalue weighted by atomic mass is 35.5. The number of H-pyrrole nitrogens is 1. The predicted octanol–water partition coefficient (Wildman–Crippen LogP) is 1.95. The van der Waals surface area contributed by atoms with E-state index in [0.717, 1.165) is 42.5 Å². The molecule has 2 atom stereocenters. The molecule has 1 amide bonds. The average molecular weight is 373 g/mol. The van der Waals surface area contributed by atoms with E-state index in [9.17, 15) is 4.79 Å². The van der Waals surface area contributed by atoms with Crippen molar-refractivity contribution in [2.75, 3.05) is 26.7 Å². The van der Waals surface area contributed by atoms with Gasteiger partial charge < -0.3 is 20.9 Å². The van der Waals surface area contributed by atoms with Gasteiger partial charge in [-0.1, -0.05) is 18.2 Å². The van der Waals surface area contributed by atoms with Crippen molar-refractivity contribution in [1.82, 2.24) is 15.2 Å². The SMILES string of the molecule is CN1CCC(CNC(=O)[C@@H](N)Cc2c[nH]c3ccccc23)C1.Cl.Cl. The maximum atomic E-state index is 12.2. The summed E-state index contributed by atoms with van der Waals surface area (Å²) in [7, 11) is 2.12. The molecule has 1 aliphatic rings. The Hall–Kier alpha value is -1.27. The van der Waals surface area contributed by atoms with Crippen LogP contribution >= 0.6 is 24.8 Å². The van der Waals surface area contributed by atoms with E-state index < -0.39 is 6.04 Å². The van der Waals surface area contributed by atoms with Crippen molar-refractivity contribution in [3.63, 3.8) is 0 Å². The van der Waals surface area contributed by atoms with Crippen LogP contribution in [-0.4, -0.2) is 48.5 Å². The Labute approximate surface area is 155 Å². The number of fused-ring (bicyclic) bond motifs is 1. The molecule has 2 heterocycles. The van der Waals surface area contributed by atoms with Crippen molar-refractivity contribution < 1.29 is 4.79 Å². The smallest absolute Gasteiger partial charge is 0.237 e. The summed E-state index contributed by atoms with van der Waals surface area (Å²) in [6.07, 6.45) is 3.65. The zero-order chi connectivity index (χ0) is 15.5. The summed E-state index contributed by atoms with van der Waals surface area (Å²) in [6.45, 7) is 2.89. The van der Waals surface area contributed by atoms with Gasteiger partial charge in [-0.2, -0.15) is 0 Å². The van der Waals surface area contributed by atoms with Gasteiger partial charge in [-0.15, -0.1) is 24.8 Å². The van der Waals surface area contributed by atoms with Gasteiger partial charge in [0.1, 0.15) is 0 Å². The van der Waals surface area contributed by atoms with Gasteiger partial charge in [0.25, 0.3) is 0 Å². The molecule has 1 fully saturated rings. The first-order chi connectivity index (χ1) is 10.6. The monoisotopic (exact) mass is 372 g/mol. The number of rotatable bonds is 5. The quantitative estimate of drug-likeness (QED) is 0.750. The Bertz CT molecular complexity index is 661. The van der Waals surface area contributed by atoms with Crippen LogP contribution in [0.5, 0.6) is 0 Å². The highest BCUT2D eigenvalue weighted by molar-refractivity contribution is 5.86. The molecule has 1 saturated heterocycles. The summed E-state index contributed by atoms with van der Waals surface area (Å²) in [5, 5.41) is 4.15. The van der Waals surface area contributed by atoms with Crippen molar-refractivity contribution in [2.24, 2.45) is 11.7 Å². The molecule has 7 heteroatoms. The number of aromatic amines is 1. The fourth-order valence-corrected chi connectivity index (χ4v) is 3.20. The average Bonchev–Trinajstić information content (AvgIpc) is 3.12. The first-order valence-electron chi connectivity index (χ1n) is 7.90. The van der Waals surface area contributed by atoms with E-state index >= 15 is 0 Å². The number of nitrogens with two attached hydrogens (primary N) is 1. The van der Waals surface area contributed by atoms with Crippen molar-refractivity contribution in [3.05, 3.63) is 36.0 Å². The van der Waals surface area contributed by atoms with E-state index in [1.807, 2.05) is 24.4 Å². The van der Waals surface area contributed by atoms with Crippen LogP contribution in [0.25, 0.3) is 10.9 Å². The topological polar surface area (TPSA) is 74.2 Å². The summed E-state index contributed by atoms with van der Waals surface area (Å²) in [5.74, 6) is 0.495. The predicted molar refractivity (Wildman–Crippen MR) is 103 cm³/mol. The van der Waals surface area contributed by atoms with Crippen molar-refractivity contribution in [3.8, 4) is 0 Å². The number of hydrogen-bond donors (Lipinski definition) is 3. The number of benzene rings is 1. The fraction of sp³-hybridized carbons (Fsp3) is 0.471. The highest BCUT2D eigenvalue weighted by Gasteiger charge is 2.21. The van der Waals surface area contributed by atoms with Gasteiger partial charge in [0.05, 0.1) is 6.04 Å². The minimum atomic E-state index is -0.502. The van der Waals surface area contributed by atoms with Crippen LogP contribution < -0.4 is 11.1 Å². The molecular formula is C17H26Cl2N4O. The zero-order valence-electron chi connectivity index (χ0n) is 13.8. The lowest BCUT2D eigenvalue weighted by atomic mass is 10.0. The van der Waals surface area contributed by atoms with Crippen LogP contribution in [0.15, 0.2) is 30.5 Å². The lowest BCUT2D eigenvalue weighted by Crippen LogP contribution is -2.43. The summed E-state index contributed by atoms with van der Waals surface area (Å²) in [5.41, 5.74) is 8.25. The molecule has 0 bridgehead atoms. The first-order valence-corrected chi connectivity index (χ1v) is 7.90. The van der Waals surface area contributed by atoms with Crippen molar-refractivity contribution >= 4 is 41.6 Å². The van der Waals surface area contributed by atoms with Gasteiger partial charge in [-0.3, -0.25) is 4.79 Å². The largest absolute Gasteiger partial charge is 0.361 e. The van der Waals surface area contributed by atoms with Gasteiger partial charge in [0, 0.05) is 30.2 Å². The normalized spacial score (nSPS) is 18.7. The lowest BCUT2D eigenvalue weighted by Gasteiger charge is -2.15. The highest BCUT2D eigenvalue weighted by Crippen LogP contribution is 2.19. The number of para-hydroxylation sites is 1. The number of nitrogens with zero attached hydrogens (tertiary/aromatic N) is 1. The Morgan fingerprint density at radius 3 is 2.88 bits per heavy atom. The summed E-state index contributed by atoms with van der Waals surface area (Å²) >= 11 is 0. The van der Waals surface area contributed by atoms with Gasteiger partial charge in [0.15, 0.2) is 0 Å². The van der Waals surface area contributed by atoms with Crippen LogP contribution in [0.3, 0.4) is 0 Å². The van der Waals surface area contributed by atoms with E-state index in [4.69, 9.17) is 5.73 Å². The number of hydrogen-bond acceptors (Lipinski definition) is 3.